The minimum atomic E-state index is -0.0422. The van der Waals surface area contributed by atoms with Gasteiger partial charge in [0.1, 0.15) is 0 Å². The first kappa shape index (κ1) is 14.9. The molecule has 1 heterocycles. The van der Waals surface area contributed by atoms with E-state index in [-0.39, 0.29) is 5.54 Å². The molecule has 102 valence electrons. The summed E-state index contributed by atoms with van der Waals surface area (Å²) in [5.41, 5.74) is 5.88. The lowest BCUT2D eigenvalue weighted by Gasteiger charge is -2.40. The lowest BCUT2D eigenvalue weighted by Crippen LogP contribution is -2.56. The molecule has 0 aliphatic carbocycles. The Morgan fingerprint density at radius 3 is 2.71 bits per heavy atom. The van der Waals surface area contributed by atoms with Crippen molar-refractivity contribution in [1.82, 2.24) is 9.80 Å². The fourth-order valence-corrected chi connectivity index (χ4v) is 2.39. The van der Waals surface area contributed by atoms with Crippen LogP contribution in [0.1, 0.15) is 26.7 Å². The largest absolute Gasteiger partial charge is 0.380 e. The van der Waals surface area contributed by atoms with Gasteiger partial charge in [-0.25, -0.2) is 0 Å². The SMILES string of the molecule is CCOCC(C)(CN)N(C)CC1CCCN1C. The summed E-state index contributed by atoms with van der Waals surface area (Å²) in [6, 6.07) is 0.674. The summed E-state index contributed by atoms with van der Waals surface area (Å²) in [7, 11) is 4.38. The molecule has 17 heavy (non-hydrogen) atoms. The summed E-state index contributed by atoms with van der Waals surface area (Å²) in [6.45, 7) is 8.64. The first-order chi connectivity index (χ1) is 8.03. The Labute approximate surface area is 106 Å². The lowest BCUT2D eigenvalue weighted by molar-refractivity contribution is 0.0150. The molecule has 0 aromatic carbocycles. The van der Waals surface area contributed by atoms with E-state index in [1.54, 1.807) is 0 Å². The third kappa shape index (κ3) is 3.91. The van der Waals surface area contributed by atoms with Gasteiger partial charge < -0.3 is 15.4 Å². The van der Waals surface area contributed by atoms with Crippen molar-refractivity contribution in [3.63, 3.8) is 0 Å². The molecule has 0 radical (unpaired) electrons. The van der Waals surface area contributed by atoms with Crippen LogP contribution in [-0.2, 0) is 4.74 Å². The Kier molecular flexibility index (Phi) is 5.86. The van der Waals surface area contributed by atoms with Crippen LogP contribution in [0, 0.1) is 0 Å². The second kappa shape index (κ2) is 6.69. The van der Waals surface area contributed by atoms with Gasteiger partial charge in [0.05, 0.1) is 12.1 Å². The molecule has 0 spiro atoms. The van der Waals surface area contributed by atoms with Gasteiger partial charge in [-0.15, -0.1) is 0 Å². The van der Waals surface area contributed by atoms with Crippen LogP contribution >= 0.6 is 0 Å². The maximum atomic E-state index is 5.92. The van der Waals surface area contributed by atoms with E-state index in [1.165, 1.54) is 19.4 Å². The maximum absolute atomic E-state index is 5.92. The van der Waals surface area contributed by atoms with Crippen LogP contribution in [0.15, 0.2) is 0 Å². The highest BCUT2D eigenvalue weighted by Crippen LogP contribution is 2.19. The lowest BCUT2D eigenvalue weighted by atomic mass is 10.0. The topological polar surface area (TPSA) is 41.7 Å². The van der Waals surface area contributed by atoms with Crippen molar-refractivity contribution in [2.45, 2.75) is 38.3 Å². The molecule has 4 nitrogen and oxygen atoms in total. The molecule has 1 saturated heterocycles. The third-order valence-electron chi connectivity index (χ3n) is 4.13. The first-order valence-corrected chi connectivity index (χ1v) is 6.72. The van der Waals surface area contributed by atoms with Crippen molar-refractivity contribution in [3.8, 4) is 0 Å². The summed E-state index contributed by atoms with van der Waals surface area (Å²) in [5.74, 6) is 0. The molecule has 1 rings (SSSR count). The minimum Gasteiger partial charge on any atom is -0.380 e. The summed E-state index contributed by atoms with van der Waals surface area (Å²) in [6.07, 6.45) is 2.62. The number of hydrogen-bond donors (Lipinski definition) is 1. The molecule has 1 fully saturated rings. The predicted molar refractivity (Wildman–Crippen MR) is 72.2 cm³/mol. The second-order valence-corrected chi connectivity index (χ2v) is 5.50. The Morgan fingerprint density at radius 1 is 1.53 bits per heavy atom. The zero-order chi connectivity index (χ0) is 12.9. The van der Waals surface area contributed by atoms with Crippen molar-refractivity contribution in [2.75, 3.05) is 46.9 Å². The molecule has 2 atom stereocenters. The average molecular weight is 243 g/mol. The Hall–Kier alpha value is -0.160. The van der Waals surface area contributed by atoms with E-state index in [2.05, 4.69) is 30.8 Å². The normalized spacial score (nSPS) is 25.4. The van der Waals surface area contributed by atoms with Crippen LogP contribution < -0.4 is 5.73 Å². The second-order valence-electron chi connectivity index (χ2n) is 5.50. The Morgan fingerprint density at radius 2 is 2.24 bits per heavy atom. The van der Waals surface area contributed by atoms with Crippen LogP contribution in [0.5, 0.6) is 0 Å². The number of likely N-dealkylation sites (N-methyl/N-ethyl adjacent to an activating group) is 2. The maximum Gasteiger partial charge on any atom is 0.0659 e. The Bertz CT molecular complexity index is 225. The summed E-state index contributed by atoms with van der Waals surface area (Å²) < 4.78 is 5.57. The van der Waals surface area contributed by atoms with Gasteiger partial charge >= 0.3 is 0 Å². The quantitative estimate of drug-likeness (QED) is 0.717. The van der Waals surface area contributed by atoms with E-state index in [0.717, 1.165) is 13.2 Å². The summed E-state index contributed by atoms with van der Waals surface area (Å²) in [4.78, 5) is 4.82. The van der Waals surface area contributed by atoms with Crippen molar-refractivity contribution in [2.24, 2.45) is 5.73 Å². The fourth-order valence-electron chi connectivity index (χ4n) is 2.39. The summed E-state index contributed by atoms with van der Waals surface area (Å²) >= 11 is 0. The first-order valence-electron chi connectivity index (χ1n) is 6.72. The van der Waals surface area contributed by atoms with Gasteiger partial charge in [-0.1, -0.05) is 0 Å². The molecule has 0 amide bonds. The van der Waals surface area contributed by atoms with E-state index in [0.29, 0.717) is 19.2 Å². The van der Waals surface area contributed by atoms with Crippen LogP contribution in [0.4, 0.5) is 0 Å². The van der Waals surface area contributed by atoms with Crippen molar-refractivity contribution in [1.29, 1.82) is 0 Å². The Balaban J connectivity index is 2.49. The molecule has 1 aliphatic heterocycles. The molecule has 0 saturated carbocycles. The van der Waals surface area contributed by atoms with Crippen molar-refractivity contribution in [3.05, 3.63) is 0 Å². The van der Waals surface area contributed by atoms with Gasteiger partial charge in [0.25, 0.3) is 0 Å². The molecular formula is C13H29N3O. The van der Waals surface area contributed by atoms with E-state index < -0.39 is 0 Å². The number of hydrogen-bond acceptors (Lipinski definition) is 4. The van der Waals surface area contributed by atoms with Gasteiger partial charge in [0.15, 0.2) is 0 Å². The van der Waals surface area contributed by atoms with Gasteiger partial charge in [0, 0.05) is 25.7 Å². The molecule has 0 aromatic rings. The highest BCUT2D eigenvalue weighted by atomic mass is 16.5. The average Bonchev–Trinajstić information content (AvgIpc) is 2.72. The number of nitrogens with two attached hydrogens (primary N) is 1. The molecule has 0 aromatic heterocycles. The zero-order valence-corrected chi connectivity index (χ0v) is 11.9. The highest BCUT2D eigenvalue weighted by Gasteiger charge is 2.31. The predicted octanol–water partition coefficient (Wildman–Crippen LogP) is 0.766. The van der Waals surface area contributed by atoms with E-state index in [9.17, 15) is 0 Å². The van der Waals surface area contributed by atoms with Crippen molar-refractivity contribution >= 4 is 0 Å². The zero-order valence-electron chi connectivity index (χ0n) is 11.9. The van der Waals surface area contributed by atoms with Crippen LogP contribution in [0.3, 0.4) is 0 Å². The number of rotatable bonds is 7. The van der Waals surface area contributed by atoms with Gasteiger partial charge in [-0.2, -0.15) is 0 Å². The molecule has 2 unspecified atom stereocenters. The van der Waals surface area contributed by atoms with E-state index >= 15 is 0 Å². The van der Waals surface area contributed by atoms with Crippen LogP contribution in [0.25, 0.3) is 0 Å². The highest BCUT2D eigenvalue weighted by molar-refractivity contribution is 4.89. The number of likely N-dealkylation sites (tertiary alicyclic amines) is 1. The molecule has 1 aliphatic rings. The number of nitrogens with zero attached hydrogens (tertiary/aromatic N) is 2. The summed E-state index contributed by atoms with van der Waals surface area (Å²) in [5, 5.41) is 0. The minimum absolute atomic E-state index is 0.0422. The monoisotopic (exact) mass is 243 g/mol. The van der Waals surface area contributed by atoms with Crippen LogP contribution in [-0.4, -0.2) is 68.3 Å². The third-order valence-corrected chi connectivity index (χ3v) is 4.13. The standard InChI is InChI=1S/C13H29N3O/c1-5-17-11-13(2,10-14)16(4)9-12-7-6-8-15(12)3/h12H,5-11,14H2,1-4H3. The van der Waals surface area contributed by atoms with Crippen molar-refractivity contribution < 1.29 is 4.74 Å². The molecule has 0 bridgehead atoms. The fraction of sp³-hybridized carbons (Fsp3) is 1.00. The van der Waals surface area contributed by atoms with E-state index in [4.69, 9.17) is 10.5 Å². The molecule has 2 N–H and O–H groups in total. The van der Waals surface area contributed by atoms with Gasteiger partial charge in [-0.05, 0) is 47.3 Å². The van der Waals surface area contributed by atoms with E-state index in [1.807, 2.05) is 6.92 Å². The molecular weight excluding hydrogens is 214 g/mol. The van der Waals surface area contributed by atoms with Crippen LogP contribution in [0.2, 0.25) is 0 Å². The number of ether oxygens (including phenoxy) is 1. The van der Waals surface area contributed by atoms with Gasteiger partial charge in [0.2, 0.25) is 0 Å². The van der Waals surface area contributed by atoms with Gasteiger partial charge in [-0.3, -0.25) is 4.90 Å². The smallest absolute Gasteiger partial charge is 0.0659 e. The molecule has 4 heteroatoms.